The van der Waals surface area contributed by atoms with Gasteiger partial charge in [-0.05, 0) is 40.2 Å². The third-order valence-electron chi connectivity index (χ3n) is 2.46. The van der Waals surface area contributed by atoms with Crippen LogP contribution in [0.4, 0.5) is 5.69 Å². The Balaban J connectivity index is 1.98. The maximum atomic E-state index is 5.97. The Morgan fingerprint density at radius 2 is 2.16 bits per heavy atom. The van der Waals surface area contributed by atoms with Crippen LogP contribution >= 0.6 is 38.9 Å². The predicted molar refractivity (Wildman–Crippen MR) is 80.2 cm³/mol. The van der Waals surface area contributed by atoms with Crippen LogP contribution in [0.2, 0.25) is 5.02 Å². The number of rotatable bonds is 2. The highest BCUT2D eigenvalue weighted by Gasteiger charge is 2.13. The van der Waals surface area contributed by atoms with Crippen molar-refractivity contribution in [2.75, 3.05) is 5.73 Å². The standard InChI is InChI=1S/C12H7BrClN3OS/c13-7-4-10(19-5-7)11-16-12(18-17-11)6-1-2-9(15)8(14)3-6/h1-5H,15H2. The molecule has 4 nitrogen and oxygen atoms in total. The highest BCUT2D eigenvalue weighted by Crippen LogP contribution is 2.31. The number of aromatic nitrogens is 2. The second-order valence-electron chi connectivity index (χ2n) is 3.79. The molecule has 7 heteroatoms. The van der Waals surface area contributed by atoms with Gasteiger partial charge in [-0.2, -0.15) is 4.98 Å². The van der Waals surface area contributed by atoms with E-state index in [1.54, 1.807) is 18.2 Å². The Hall–Kier alpha value is -1.37. The van der Waals surface area contributed by atoms with Crippen molar-refractivity contribution in [3.8, 4) is 22.2 Å². The fraction of sp³-hybridized carbons (Fsp3) is 0. The van der Waals surface area contributed by atoms with Gasteiger partial charge < -0.3 is 10.3 Å². The molecule has 2 heterocycles. The number of anilines is 1. The van der Waals surface area contributed by atoms with Crippen LogP contribution in [0.5, 0.6) is 0 Å². The van der Waals surface area contributed by atoms with Crippen LogP contribution < -0.4 is 5.73 Å². The van der Waals surface area contributed by atoms with Crippen LogP contribution in [0.15, 0.2) is 38.6 Å². The van der Waals surface area contributed by atoms with Crippen molar-refractivity contribution < 1.29 is 4.52 Å². The van der Waals surface area contributed by atoms with Crippen LogP contribution in [0, 0.1) is 0 Å². The summed E-state index contributed by atoms with van der Waals surface area (Å²) in [5.41, 5.74) is 6.93. The quantitative estimate of drug-likeness (QED) is 0.688. The molecule has 3 rings (SSSR count). The average molecular weight is 357 g/mol. The zero-order valence-electron chi connectivity index (χ0n) is 9.43. The lowest BCUT2D eigenvalue weighted by Gasteiger charge is -1.98. The van der Waals surface area contributed by atoms with Crippen molar-refractivity contribution in [1.82, 2.24) is 10.1 Å². The van der Waals surface area contributed by atoms with Crippen LogP contribution in [0.1, 0.15) is 0 Å². The minimum atomic E-state index is 0.418. The van der Waals surface area contributed by atoms with Crippen LogP contribution in [0.25, 0.3) is 22.2 Å². The first-order valence-electron chi connectivity index (χ1n) is 5.27. The van der Waals surface area contributed by atoms with Gasteiger partial charge >= 0.3 is 0 Å². The molecule has 0 aliphatic carbocycles. The van der Waals surface area contributed by atoms with Gasteiger partial charge in [0, 0.05) is 15.4 Å². The van der Waals surface area contributed by atoms with E-state index in [-0.39, 0.29) is 0 Å². The molecule has 0 atom stereocenters. The molecule has 96 valence electrons. The van der Waals surface area contributed by atoms with Gasteiger partial charge in [-0.3, -0.25) is 0 Å². The van der Waals surface area contributed by atoms with Crippen molar-refractivity contribution in [3.63, 3.8) is 0 Å². The first-order valence-corrected chi connectivity index (χ1v) is 7.32. The minimum Gasteiger partial charge on any atom is -0.398 e. The minimum absolute atomic E-state index is 0.418. The Kier molecular flexibility index (Phi) is 3.30. The van der Waals surface area contributed by atoms with Crippen molar-refractivity contribution >= 4 is 44.6 Å². The number of nitrogens with zero attached hydrogens (tertiary/aromatic N) is 2. The number of benzene rings is 1. The fourth-order valence-electron chi connectivity index (χ4n) is 1.53. The lowest BCUT2D eigenvalue weighted by molar-refractivity contribution is 0.432. The van der Waals surface area contributed by atoms with Crippen LogP contribution in [0.3, 0.4) is 0 Å². The largest absolute Gasteiger partial charge is 0.398 e. The number of nitrogen functional groups attached to an aromatic ring is 1. The summed E-state index contributed by atoms with van der Waals surface area (Å²) in [4.78, 5) is 5.28. The lowest BCUT2D eigenvalue weighted by atomic mass is 10.2. The molecule has 0 aliphatic rings. The Morgan fingerprint density at radius 1 is 1.32 bits per heavy atom. The molecule has 0 bridgehead atoms. The second kappa shape index (κ2) is 4.96. The number of halogens is 2. The molecule has 0 aliphatic heterocycles. The van der Waals surface area contributed by atoms with E-state index in [1.165, 1.54) is 11.3 Å². The van der Waals surface area contributed by atoms with Crippen molar-refractivity contribution in [3.05, 3.63) is 39.1 Å². The molecule has 2 N–H and O–H groups in total. The molecule has 0 amide bonds. The maximum absolute atomic E-state index is 5.97. The molecule has 0 saturated heterocycles. The van der Waals surface area contributed by atoms with E-state index >= 15 is 0 Å². The van der Waals surface area contributed by atoms with Gasteiger partial charge in [0.1, 0.15) is 0 Å². The summed E-state index contributed by atoms with van der Waals surface area (Å²) < 4.78 is 6.23. The summed E-state index contributed by atoms with van der Waals surface area (Å²) in [7, 11) is 0. The molecule has 0 fully saturated rings. The smallest absolute Gasteiger partial charge is 0.258 e. The first-order chi connectivity index (χ1) is 9.13. The molecule has 19 heavy (non-hydrogen) atoms. The highest BCUT2D eigenvalue weighted by atomic mass is 79.9. The van der Waals surface area contributed by atoms with E-state index in [1.807, 2.05) is 11.4 Å². The Bertz CT molecular complexity index is 740. The van der Waals surface area contributed by atoms with Crippen molar-refractivity contribution in [1.29, 1.82) is 0 Å². The van der Waals surface area contributed by atoms with E-state index in [0.29, 0.717) is 22.4 Å². The van der Waals surface area contributed by atoms with E-state index in [4.69, 9.17) is 21.9 Å². The van der Waals surface area contributed by atoms with E-state index in [9.17, 15) is 0 Å². The molecule has 0 radical (unpaired) electrons. The number of hydrogen-bond donors (Lipinski definition) is 1. The molecule has 3 aromatic rings. The summed E-state index contributed by atoms with van der Waals surface area (Å²) in [6, 6.07) is 7.15. The zero-order valence-corrected chi connectivity index (χ0v) is 12.6. The van der Waals surface area contributed by atoms with Gasteiger partial charge in [0.15, 0.2) is 0 Å². The monoisotopic (exact) mass is 355 g/mol. The highest BCUT2D eigenvalue weighted by molar-refractivity contribution is 9.10. The van der Waals surface area contributed by atoms with E-state index in [2.05, 4.69) is 26.1 Å². The molecule has 1 aromatic carbocycles. The van der Waals surface area contributed by atoms with Crippen molar-refractivity contribution in [2.45, 2.75) is 0 Å². The van der Waals surface area contributed by atoms with Crippen LogP contribution in [-0.4, -0.2) is 10.1 Å². The van der Waals surface area contributed by atoms with Gasteiger partial charge in [0.2, 0.25) is 5.82 Å². The summed E-state index contributed by atoms with van der Waals surface area (Å²) in [6.45, 7) is 0. The number of nitrogens with two attached hydrogens (primary N) is 1. The predicted octanol–water partition coefficient (Wildman–Crippen LogP) is 4.46. The van der Waals surface area contributed by atoms with Crippen LogP contribution in [-0.2, 0) is 0 Å². The van der Waals surface area contributed by atoms with Crippen molar-refractivity contribution in [2.24, 2.45) is 0 Å². The van der Waals surface area contributed by atoms with Gasteiger partial charge in [-0.15, -0.1) is 11.3 Å². The topological polar surface area (TPSA) is 64.9 Å². The number of hydrogen-bond acceptors (Lipinski definition) is 5. The second-order valence-corrected chi connectivity index (χ2v) is 6.02. The van der Waals surface area contributed by atoms with E-state index < -0.39 is 0 Å². The normalized spacial score (nSPS) is 10.8. The summed E-state index contributed by atoms with van der Waals surface area (Å²) >= 11 is 10.9. The Morgan fingerprint density at radius 3 is 2.84 bits per heavy atom. The molecule has 0 saturated carbocycles. The number of thiophene rings is 1. The molecule has 0 spiro atoms. The molecule has 2 aromatic heterocycles. The zero-order chi connectivity index (χ0) is 13.4. The summed E-state index contributed by atoms with van der Waals surface area (Å²) in [5.74, 6) is 0.972. The molecule has 0 unspecified atom stereocenters. The summed E-state index contributed by atoms with van der Waals surface area (Å²) in [5, 5.41) is 6.39. The SMILES string of the molecule is Nc1ccc(-c2nc(-c3cc(Br)cs3)no2)cc1Cl. The van der Waals surface area contributed by atoms with Gasteiger partial charge in [0.05, 0.1) is 15.6 Å². The Labute approximate surface area is 126 Å². The molecular weight excluding hydrogens is 350 g/mol. The maximum Gasteiger partial charge on any atom is 0.258 e. The lowest BCUT2D eigenvalue weighted by Crippen LogP contribution is -1.86. The first kappa shape index (κ1) is 12.7. The average Bonchev–Trinajstić information content (AvgIpc) is 3.01. The fourth-order valence-corrected chi connectivity index (χ4v) is 3.06. The summed E-state index contributed by atoms with van der Waals surface area (Å²) in [6.07, 6.45) is 0. The third-order valence-corrected chi connectivity index (χ3v) is 4.48. The third kappa shape index (κ3) is 2.51. The van der Waals surface area contributed by atoms with E-state index in [0.717, 1.165) is 14.9 Å². The molecular formula is C12H7BrClN3OS. The van der Waals surface area contributed by atoms with Gasteiger partial charge in [-0.1, -0.05) is 16.8 Å². The van der Waals surface area contributed by atoms with Gasteiger partial charge in [-0.25, -0.2) is 0 Å². The van der Waals surface area contributed by atoms with Gasteiger partial charge in [0.25, 0.3) is 5.89 Å².